The molecule has 0 unspecified atom stereocenters. The van der Waals surface area contributed by atoms with E-state index in [0.29, 0.717) is 19.7 Å². The van der Waals surface area contributed by atoms with Gasteiger partial charge in [-0.25, -0.2) is 4.68 Å². The first-order chi connectivity index (χ1) is 14.1. The third kappa shape index (κ3) is 3.66. The van der Waals surface area contributed by atoms with Crippen molar-refractivity contribution in [1.29, 1.82) is 0 Å². The summed E-state index contributed by atoms with van der Waals surface area (Å²) in [6, 6.07) is 6.14. The molecule has 4 N–H and O–H groups in total. The average Bonchev–Trinajstić information content (AvgIpc) is 3.30. The summed E-state index contributed by atoms with van der Waals surface area (Å²) in [5, 5.41) is 16.3. The Bertz CT molecular complexity index is 1130. The summed E-state index contributed by atoms with van der Waals surface area (Å²) in [4.78, 5) is 4.31. The van der Waals surface area contributed by atoms with Crippen molar-refractivity contribution >= 4 is 22.7 Å². The van der Waals surface area contributed by atoms with E-state index in [-0.39, 0.29) is 0 Å². The highest BCUT2D eigenvalue weighted by molar-refractivity contribution is 6.02. The van der Waals surface area contributed by atoms with Gasteiger partial charge in [0.05, 0.1) is 23.0 Å². The predicted octanol–water partition coefficient (Wildman–Crippen LogP) is 2.26. The average molecular weight is 391 g/mol. The number of fused-ring (bicyclic) bond motifs is 3. The minimum absolute atomic E-state index is 0.505. The number of aryl methyl sites for hydroxylation is 1. The summed E-state index contributed by atoms with van der Waals surface area (Å²) >= 11 is 0. The molecule has 0 aliphatic carbocycles. The molecule has 2 bridgehead atoms. The monoisotopic (exact) mass is 391 g/mol. The normalized spacial score (nSPS) is 19.5. The Kier molecular flexibility index (Phi) is 5.18. The molecule has 0 radical (unpaired) electrons. The largest absolute Gasteiger partial charge is 0.476 e. The number of allylic oxidation sites excluding steroid dienone is 2. The van der Waals surface area contributed by atoms with Gasteiger partial charge in [0.25, 0.3) is 0 Å². The molecule has 1 aromatic carbocycles. The molecule has 29 heavy (non-hydrogen) atoms. The minimum atomic E-state index is 0.505. The molecular weight excluding hydrogens is 366 g/mol. The molecule has 0 saturated heterocycles. The van der Waals surface area contributed by atoms with Crippen molar-refractivity contribution < 1.29 is 4.74 Å². The molecule has 8 heteroatoms. The summed E-state index contributed by atoms with van der Waals surface area (Å²) in [5.41, 5.74) is 12.7. The van der Waals surface area contributed by atoms with Gasteiger partial charge in [0.1, 0.15) is 6.61 Å². The number of aliphatic imine (C=N–C) groups is 1. The van der Waals surface area contributed by atoms with E-state index in [9.17, 15) is 0 Å². The van der Waals surface area contributed by atoms with Crippen LogP contribution in [0.25, 0.3) is 28.1 Å². The zero-order valence-corrected chi connectivity index (χ0v) is 16.9. The third-order valence-corrected chi connectivity index (χ3v) is 5.10. The summed E-state index contributed by atoms with van der Waals surface area (Å²) in [6.07, 6.45) is 5.82. The van der Waals surface area contributed by atoms with E-state index in [1.807, 2.05) is 44.5 Å². The molecule has 1 aliphatic rings. The van der Waals surface area contributed by atoms with E-state index >= 15 is 0 Å². The number of ether oxygens (including phenoxy) is 1. The molecule has 3 heterocycles. The van der Waals surface area contributed by atoms with E-state index in [2.05, 4.69) is 31.7 Å². The van der Waals surface area contributed by atoms with Crippen LogP contribution in [0.4, 0.5) is 0 Å². The number of nitrogens with zero attached hydrogens (tertiary/aromatic N) is 4. The van der Waals surface area contributed by atoms with Crippen LogP contribution in [0.5, 0.6) is 5.88 Å². The van der Waals surface area contributed by atoms with Crippen LogP contribution >= 0.6 is 0 Å². The van der Waals surface area contributed by atoms with Crippen molar-refractivity contribution in [3.63, 3.8) is 0 Å². The Labute approximate surface area is 169 Å². The molecule has 4 rings (SSSR count). The standard InChI is InChI=1S/C21H25N7O/c1-13(23-2)15-5-7-20-16-10-14(4-6-19(16)26-27-20)17-11-25-28(3)21(17)29-9-8-24-12-18(15)22/h4-7,10-11,24H,8-9,12,22H2,1-3H3,(H,26,27)/b7-5+,18-15-,23-13?. The van der Waals surface area contributed by atoms with Crippen LogP contribution in [0.3, 0.4) is 0 Å². The molecule has 8 nitrogen and oxygen atoms in total. The van der Waals surface area contributed by atoms with Crippen LogP contribution in [0.1, 0.15) is 12.6 Å². The zero-order valence-electron chi connectivity index (χ0n) is 16.9. The Balaban J connectivity index is 1.86. The highest BCUT2D eigenvalue weighted by Gasteiger charge is 2.15. The molecule has 0 fully saturated rings. The Morgan fingerprint density at radius 3 is 3.00 bits per heavy atom. The summed E-state index contributed by atoms with van der Waals surface area (Å²) < 4.78 is 7.78. The molecule has 3 aromatic rings. The Morgan fingerprint density at radius 2 is 2.17 bits per heavy atom. The van der Waals surface area contributed by atoms with Crippen LogP contribution in [0.2, 0.25) is 0 Å². The van der Waals surface area contributed by atoms with Crippen molar-refractivity contribution in [3.8, 4) is 17.0 Å². The lowest BCUT2D eigenvalue weighted by molar-refractivity contribution is 0.290. The van der Waals surface area contributed by atoms with Gasteiger partial charge in [0.15, 0.2) is 0 Å². The Morgan fingerprint density at radius 1 is 1.31 bits per heavy atom. The number of nitrogens with one attached hydrogen (secondary N) is 2. The topological polar surface area (TPSA) is 106 Å². The van der Waals surface area contributed by atoms with Crippen molar-refractivity contribution in [2.24, 2.45) is 17.8 Å². The number of benzene rings is 1. The molecule has 0 atom stereocenters. The van der Waals surface area contributed by atoms with E-state index in [0.717, 1.165) is 50.6 Å². The van der Waals surface area contributed by atoms with Gasteiger partial charge >= 0.3 is 0 Å². The number of hydrogen-bond donors (Lipinski definition) is 3. The van der Waals surface area contributed by atoms with E-state index in [4.69, 9.17) is 10.5 Å². The molecule has 0 spiro atoms. The summed E-state index contributed by atoms with van der Waals surface area (Å²) in [5.74, 6) is 0.736. The van der Waals surface area contributed by atoms with Gasteiger partial charge in [0.2, 0.25) is 5.88 Å². The second-order valence-corrected chi connectivity index (χ2v) is 6.96. The molecule has 0 saturated carbocycles. The van der Waals surface area contributed by atoms with Crippen molar-refractivity contribution in [2.45, 2.75) is 6.92 Å². The van der Waals surface area contributed by atoms with Gasteiger partial charge in [-0.2, -0.15) is 10.2 Å². The molecule has 0 amide bonds. The lowest BCUT2D eigenvalue weighted by Gasteiger charge is -2.11. The number of hydrogen-bond acceptors (Lipinski definition) is 6. The first-order valence-corrected chi connectivity index (χ1v) is 9.53. The highest BCUT2D eigenvalue weighted by atomic mass is 16.5. The van der Waals surface area contributed by atoms with Crippen LogP contribution in [-0.2, 0) is 7.05 Å². The predicted molar refractivity (Wildman–Crippen MR) is 116 cm³/mol. The Hall–Kier alpha value is -3.39. The second kappa shape index (κ2) is 7.92. The molecule has 1 aliphatic heterocycles. The number of aromatic amines is 1. The SMILES string of the molecule is CN=C(C)C1=C(\N)CNCCOc2c(cnn2C)-c2ccc3n[nH]c(c3c2)\C=C\1. The van der Waals surface area contributed by atoms with Crippen LogP contribution in [0, 0.1) is 0 Å². The number of aromatic nitrogens is 4. The fourth-order valence-electron chi connectivity index (χ4n) is 3.41. The number of H-pyrrole nitrogens is 1. The number of nitrogens with two attached hydrogens (primary N) is 1. The highest BCUT2D eigenvalue weighted by Crippen LogP contribution is 2.32. The first kappa shape index (κ1) is 18.9. The molecule has 2 aromatic heterocycles. The lowest BCUT2D eigenvalue weighted by atomic mass is 10.0. The van der Waals surface area contributed by atoms with Gasteiger partial charge < -0.3 is 15.8 Å². The van der Waals surface area contributed by atoms with Gasteiger partial charge in [-0.15, -0.1) is 0 Å². The zero-order chi connectivity index (χ0) is 20.4. The van der Waals surface area contributed by atoms with Crippen molar-refractivity contribution in [1.82, 2.24) is 25.3 Å². The maximum absolute atomic E-state index is 6.36. The van der Waals surface area contributed by atoms with E-state index in [1.54, 1.807) is 11.7 Å². The smallest absolute Gasteiger partial charge is 0.219 e. The van der Waals surface area contributed by atoms with Crippen molar-refractivity contribution in [3.05, 3.63) is 47.4 Å². The second-order valence-electron chi connectivity index (χ2n) is 6.96. The van der Waals surface area contributed by atoms with Crippen LogP contribution < -0.4 is 15.8 Å². The maximum Gasteiger partial charge on any atom is 0.219 e. The first-order valence-electron chi connectivity index (χ1n) is 9.53. The van der Waals surface area contributed by atoms with Gasteiger partial charge in [-0.3, -0.25) is 10.1 Å². The van der Waals surface area contributed by atoms with Gasteiger partial charge in [-0.1, -0.05) is 6.07 Å². The van der Waals surface area contributed by atoms with Gasteiger partial charge in [0, 0.05) is 49.6 Å². The fraction of sp³-hybridized carbons (Fsp3) is 0.286. The molecule has 150 valence electrons. The minimum Gasteiger partial charge on any atom is -0.476 e. The van der Waals surface area contributed by atoms with Crippen LogP contribution in [0.15, 0.2) is 46.7 Å². The third-order valence-electron chi connectivity index (χ3n) is 5.10. The van der Waals surface area contributed by atoms with Crippen LogP contribution in [-0.4, -0.2) is 52.4 Å². The van der Waals surface area contributed by atoms with Gasteiger partial charge in [-0.05, 0) is 36.8 Å². The lowest BCUT2D eigenvalue weighted by Crippen LogP contribution is -2.27. The summed E-state index contributed by atoms with van der Waals surface area (Å²) in [7, 11) is 3.65. The number of rotatable bonds is 1. The van der Waals surface area contributed by atoms with E-state index in [1.165, 1.54) is 0 Å². The van der Waals surface area contributed by atoms with E-state index < -0.39 is 0 Å². The quantitative estimate of drug-likeness (QED) is 0.552. The van der Waals surface area contributed by atoms with Crippen molar-refractivity contribution in [2.75, 3.05) is 26.7 Å². The molecular formula is C21H25N7O. The fourth-order valence-corrected chi connectivity index (χ4v) is 3.41. The maximum atomic E-state index is 6.36. The summed E-state index contributed by atoms with van der Waals surface area (Å²) in [6.45, 7) is 3.66.